The van der Waals surface area contributed by atoms with Crippen LogP contribution in [0.4, 0.5) is 11.5 Å². The SMILES string of the molecule is CC(c1ccc(Br)cc1)N1CCC(CNc2ccccc2C(=O)Nc2ccc(Cl)cn2)CC1. The van der Waals surface area contributed by atoms with Gasteiger partial charge < -0.3 is 10.6 Å². The van der Waals surface area contributed by atoms with Gasteiger partial charge in [-0.2, -0.15) is 0 Å². The summed E-state index contributed by atoms with van der Waals surface area (Å²) in [7, 11) is 0. The first-order valence-corrected chi connectivity index (χ1v) is 12.4. The normalized spacial score (nSPS) is 15.7. The van der Waals surface area contributed by atoms with Crippen LogP contribution in [-0.4, -0.2) is 35.4 Å². The lowest BCUT2D eigenvalue weighted by Crippen LogP contribution is -2.37. The molecule has 0 spiro atoms. The molecule has 5 nitrogen and oxygen atoms in total. The highest BCUT2D eigenvalue weighted by Gasteiger charge is 2.24. The Kier molecular flexibility index (Phi) is 8.02. The number of nitrogens with one attached hydrogen (secondary N) is 2. The first kappa shape index (κ1) is 23.7. The fourth-order valence-corrected chi connectivity index (χ4v) is 4.60. The predicted molar refractivity (Wildman–Crippen MR) is 139 cm³/mol. The number of carbonyl (C=O) groups is 1. The molecule has 0 saturated carbocycles. The molecule has 1 amide bonds. The van der Waals surface area contributed by atoms with E-state index in [1.54, 1.807) is 12.1 Å². The zero-order valence-electron chi connectivity index (χ0n) is 18.6. The average Bonchev–Trinajstić information content (AvgIpc) is 2.85. The fraction of sp³-hybridized carbons (Fsp3) is 0.308. The van der Waals surface area contributed by atoms with Crippen LogP contribution in [0.15, 0.2) is 71.3 Å². The molecular formula is C26H28BrClN4O. The van der Waals surface area contributed by atoms with Crippen molar-refractivity contribution in [2.24, 2.45) is 5.92 Å². The van der Waals surface area contributed by atoms with E-state index in [4.69, 9.17) is 11.6 Å². The molecule has 3 aromatic rings. The Morgan fingerprint density at radius 1 is 1.12 bits per heavy atom. The van der Waals surface area contributed by atoms with E-state index in [0.717, 1.165) is 42.6 Å². The lowest BCUT2D eigenvalue weighted by atomic mass is 9.94. The van der Waals surface area contributed by atoms with Gasteiger partial charge in [-0.05, 0) is 80.7 Å². The van der Waals surface area contributed by atoms with E-state index in [1.807, 2.05) is 24.3 Å². The molecule has 1 aromatic heterocycles. The zero-order chi connectivity index (χ0) is 23.2. The van der Waals surface area contributed by atoms with E-state index < -0.39 is 0 Å². The molecule has 4 rings (SSSR count). The number of rotatable bonds is 7. The maximum atomic E-state index is 12.8. The second-order valence-corrected chi connectivity index (χ2v) is 9.80. The monoisotopic (exact) mass is 526 g/mol. The smallest absolute Gasteiger partial charge is 0.258 e. The van der Waals surface area contributed by atoms with Crippen LogP contribution >= 0.6 is 27.5 Å². The van der Waals surface area contributed by atoms with Crippen molar-refractivity contribution in [1.29, 1.82) is 0 Å². The number of nitrogens with zero attached hydrogens (tertiary/aromatic N) is 2. The van der Waals surface area contributed by atoms with Crippen LogP contribution in [0.3, 0.4) is 0 Å². The number of hydrogen-bond donors (Lipinski definition) is 2. The molecule has 2 N–H and O–H groups in total. The first-order chi connectivity index (χ1) is 16.0. The Bertz CT molecular complexity index is 1070. The molecule has 1 fully saturated rings. The first-order valence-electron chi connectivity index (χ1n) is 11.2. The Morgan fingerprint density at radius 3 is 2.55 bits per heavy atom. The topological polar surface area (TPSA) is 57.3 Å². The van der Waals surface area contributed by atoms with E-state index in [2.05, 4.69) is 67.6 Å². The van der Waals surface area contributed by atoms with Crippen LogP contribution in [0.25, 0.3) is 0 Å². The van der Waals surface area contributed by atoms with Crippen molar-refractivity contribution in [3.63, 3.8) is 0 Å². The Morgan fingerprint density at radius 2 is 1.85 bits per heavy atom. The van der Waals surface area contributed by atoms with Gasteiger partial charge in [-0.15, -0.1) is 0 Å². The highest BCUT2D eigenvalue weighted by atomic mass is 79.9. The number of para-hydroxylation sites is 1. The van der Waals surface area contributed by atoms with Crippen molar-refractivity contribution in [2.45, 2.75) is 25.8 Å². The summed E-state index contributed by atoms with van der Waals surface area (Å²) in [6.07, 6.45) is 3.79. The van der Waals surface area contributed by atoms with Gasteiger partial charge in [-0.1, -0.05) is 51.8 Å². The van der Waals surface area contributed by atoms with Crippen molar-refractivity contribution in [3.05, 3.63) is 87.5 Å². The number of carbonyl (C=O) groups excluding carboxylic acids is 1. The van der Waals surface area contributed by atoms with E-state index in [9.17, 15) is 4.79 Å². The van der Waals surface area contributed by atoms with Gasteiger partial charge in [0, 0.05) is 28.9 Å². The third-order valence-corrected chi connectivity index (χ3v) is 7.02. The second kappa shape index (κ2) is 11.1. The number of aromatic nitrogens is 1. The summed E-state index contributed by atoms with van der Waals surface area (Å²) < 4.78 is 1.11. The van der Waals surface area contributed by atoms with Crippen molar-refractivity contribution in [3.8, 4) is 0 Å². The highest BCUT2D eigenvalue weighted by molar-refractivity contribution is 9.10. The van der Waals surface area contributed by atoms with Gasteiger partial charge in [-0.3, -0.25) is 9.69 Å². The number of hydrogen-bond acceptors (Lipinski definition) is 4. The summed E-state index contributed by atoms with van der Waals surface area (Å²) in [6.45, 7) is 5.29. The Balaban J connectivity index is 1.30. The van der Waals surface area contributed by atoms with Crippen LogP contribution in [0, 0.1) is 5.92 Å². The standard InChI is InChI=1S/C26H28BrClN4O/c1-18(20-6-8-21(27)9-7-20)32-14-12-19(13-15-32)16-29-24-5-3-2-4-23(24)26(33)31-25-11-10-22(28)17-30-25/h2-11,17-19,29H,12-16H2,1H3,(H,30,31,33). The summed E-state index contributed by atoms with van der Waals surface area (Å²) in [6, 6.07) is 20.0. The lowest BCUT2D eigenvalue weighted by molar-refractivity contribution is 0.102. The van der Waals surface area contributed by atoms with Gasteiger partial charge >= 0.3 is 0 Å². The quantitative estimate of drug-likeness (QED) is 0.362. The van der Waals surface area contributed by atoms with Crippen molar-refractivity contribution in [2.75, 3.05) is 30.3 Å². The van der Waals surface area contributed by atoms with Gasteiger partial charge in [0.25, 0.3) is 5.91 Å². The zero-order valence-corrected chi connectivity index (χ0v) is 20.9. The predicted octanol–water partition coefficient (Wildman–Crippen LogP) is 6.63. The molecule has 1 aliphatic heterocycles. The molecule has 1 aliphatic rings. The number of benzene rings is 2. The maximum Gasteiger partial charge on any atom is 0.258 e. The Hall–Kier alpha value is -2.41. The third kappa shape index (κ3) is 6.34. The summed E-state index contributed by atoms with van der Waals surface area (Å²) in [5.74, 6) is 0.866. The van der Waals surface area contributed by atoms with Crippen molar-refractivity contribution >= 4 is 44.9 Å². The van der Waals surface area contributed by atoms with E-state index in [1.165, 1.54) is 11.8 Å². The third-order valence-electron chi connectivity index (χ3n) is 6.27. The molecule has 0 aliphatic carbocycles. The minimum Gasteiger partial charge on any atom is -0.384 e. The highest BCUT2D eigenvalue weighted by Crippen LogP contribution is 2.28. The van der Waals surface area contributed by atoms with E-state index in [0.29, 0.717) is 28.4 Å². The molecule has 33 heavy (non-hydrogen) atoms. The number of amides is 1. The Labute approximate surface area is 208 Å². The van der Waals surface area contributed by atoms with Crippen LogP contribution in [-0.2, 0) is 0 Å². The minimum absolute atomic E-state index is 0.189. The number of halogens is 2. The fourth-order valence-electron chi connectivity index (χ4n) is 4.22. The van der Waals surface area contributed by atoms with E-state index >= 15 is 0 Å². The second-order valence-electron chi connectivity index (χ2n) is 8.45. The number of pyridine rings is 1. The van der Waals surface area contributed by atoms with Crippen LogP contribution in [0.1, 0.15) is 41.7 Å². The molecule has 1 unspecified atom stereocenters. The number of likely N-dealkylation sites (tertiary alicyclic amines) is 1. The molecule has 0 bridgehead atoms. The molecule has 0 radical (unpaired) electrons. The summed E-state index contributed by atoms with van der Waals surface area (Å²) >= 11 is 9.39. The molecule has 1 saturated heterocycles. The average molecular weight is 528 g/mol. The number of anilines is 2. The van der Waals surface area contributed by atoms with Gasteiger partial charge in [0.2, 0.25) is 0 Å². The van der Waals surface area contributed by atoms with Crippen molar-refractivity contribution in [1.82, 2.24) is 9.88 Å². The van der Waals surface area contributed by atoms with Crippen molar-refractivity contribution < 1.29 is 4.79 Å². The minimum atomic E-state index is -0.189. The summed E-state index contributed by atoms with van der Waals surface area (Å²) in [5.41, 5.74) is 2.80. The van der Waals surface area contributed by atoms with E-state index in [-0.39, 0.29) is 5.91 Å². The van der Waals surface area contributed by atoms with Gasteiger partial charge in [0.1, 0.15) is 5.82 Å². The molecule has 172 valence electrons. The van der Waals surface area contributed by atoms with Crippen LogP contribution in [0.5, 0.6) is 0 Å². The van der Waals surface area contributed by atoms with Crippen LogP contribution in [0.2, 0.25) is 5.02 Å². The van der Waals surface area contributed by atoms with Gasteiger partial charge in [0.05, 0.1) is 10.6 Å². The summed E-state index contributed by atoms with van der Waals surface area (Å²) in [4.78, 5) is 19.5. The maximum absolute atomic E-state index is 12.8. The number of piperidine rings is 1. The molecule has 7 heteroatoms. The van der Waals surface area contributed by atoms with Gasteiger partial charge in [0.15, 0.2) is 0 Å². The van der Waals surface area contributed by atoms with Gasteiger partial charge in [-0.25, -0.2) is 4.98 Å². The molecular weight excluding hydrogens is 500 g/mol. The lowest BCUT2D eigenvalue weighted by Gasteiger charge is -2.36. The molecule has 1 atom stereocenters. The van der Waals surface area contributed by atoms with Crippen LogP contribution < -0.4 is 10.6 Å². The molecule has 2 aromatic carbocycles. The summed E-state index contributed by atoms with van der Waals surface area (Å²) in [5, 5.41) is 6.89. The largest absolute Gasteiger partial charge is 0.384 e. The molecule has 2 heterocycles.